The molecule has 10 aromatic rings. The van der Waals surface area contributed by atoms with Crippen LogP contribution in [0.25, 0.3) is 99.0 Å². The molecule has 0 radical (unpaired) electrons. The van der Waals surface area contributed by atoms with E-state index in [0.717, 1.165) is 82.5 Å². The van der Waals surface area contributed by atoms with E-state index in [2.05, 4.69) is 117 Å². The van der Waals surface area contributed by atoms with Crippen LogP contribution in [0.2, 0.25) is 0 Å². The summed E-state index contributed by atoms with van der Waals surface area (Å²) < 4.78 is 12.7. The highest BCUT2D eigenvalue weighted by atomic mass is 16.3. The molecule has 0 aliphatic carbocycles. The number of rotatable bonds is 2. The first-order valence-electron chi connectivity index (χ1n) is 15.6. The minimum absolute atomic E-state index is 0.554. The van der Waals surface area contributed by atoms with Crippen molar-refractivity contribution in [2.45, 2.75) is 13.8 Å². The number of benzene rings is 7. The summed E-state index contributed by atoms with van der Waals surface area (Å²) in [6, 6.07) is 42.7. The van der Waals surface area contributed by atoms with Crippen molar-refractivity contribution in [1.82, 2.24) is 9.97 Å². The second-order valence-corrected chi connectivity index (χ2v) is 12.3. The summed E-state index contributed by atoms with van der Waals surface area (Å²) in [6.45, 7) is 4.27. The highest BCUT2D eigenvalue weighted by molar-refractivity contribution is 6.24. The summed E-state index contributed by atoms with van der Waals surface area (Å²) in [4.78, 5) is 10.4. The molecule has 0 bridgehead atoms. The quantitative estimate of drug-likeness (QED) is 0.188. The summed E-state index contributed by atoms with van der Waals surface area (Å²) in [5, 5.41) is 7.79. The summed E-state index contributed by atoms with van der Waals surface area (Å²) in [6.07, 6.45) is 0. The van der Waals surface area contributed by atoms with E-state index in [1.807, 2.05) is 18.2 Å². The third-order valence-electron chi connectivity index (χ3n) is 9.37. The molecule has 216 valence electrons. The minimum atomic E-state index is 0.554. The van der Waals surface area contributed by atoms with Gasteiger partial charge in [-0.2, -0.15) is 0 Å². The zero-order valence-electron chi connectivity index (χ0n) is 25.3. The monoisotopic (exact) mass is 590 g/mol. The van der Waals surface area contributed by atoms with Crippen LogP contribution >= 0.6 is 0 Å². The summed E-state index contributed by atoms with van der Waals surface area (Å²) in [5.74, 6) is 0. The largest absolute Gasteiger partial charge is 0.455 e. The Kier molecular flexibility index (Phi) is 5.10. The molecule has 0 fully saturated rings. The Balaban J connectivity index is 1.17. The number of para-hydroxylation sites is 2. The lowest BCUT2D eigenvalue weighted by Gasteiger charge is -2.10. The Morgan fingerprint density at radius 3 is 1.91 bits per heavy atom. The first kappa shape index (κ1) is 25.3. The van der Waals surface area contributed by atoms with Gasteiger partial charge in [0.15, 0.2) is 0 Å². The number of nitrogens with zero attached hydrogens (tertiary/aromatic N) is 2. The Morgan fingerprint density at radius 2 is 1.09 bits per heavy atom. The molecule has 0 aliphatic rings. The third-order valence-corrected chi connectivity index (χ3v) is 9.37. The van der Waals surface area contributed by atoms with Crippen molar-refractivity contribution in [3.05, 3.63) is 132 Å². The van der Waals surface area contributed by atoms with Crippen LogP contribution < -0.4 is 0 Å². The number of fused-ring (bicyclic) bond motifs is 12. The van der Waals surface area contributed by atoms with Gasteiger partial charge in [-0.05, 0) is 65.6 Å². The lowest BCUT2D eigenvalue weighted by atomic mass is 9.96. The minimum Gasteiger partial charge on any atom is -0.455 e. The SMILES string of the molecule is Cc1ccc2c(c1)c1cc(C)ccc1c1nc3c(nc21)oc1ccc(-c2cccc(-c4cccc5c4oc4ccccc45)c2)cc13. The number of hydrogen-bond donors (Lipinski definition) is 0. The Hall–Kier alpha value is -6.00. The van der Waals surface area contributed by atoms with E-state index < -0.39 is 0 Å². The van der Waals surface area contributed by atoms with Crippen LogP contribution in [0, 0.1) is 13.8 Å². The van der Waals surface area contributed by atoms with Crippen molar-refractivity contribution in [2.24, 2.45) is 0 Å². The molecule has 3 aromatic heterocycles. The number of furan rings is 2. The first-order valence-corrected chi connectivity index (χ1v) is 15.6. The van der Waals surface area contributed by atoms with Gasteiger partial charge in [-0.25, -0.2) is 9.97 Å². The maximum Gasteiger partial charge on any atom is 0.246 e. The van der Waals surface area contributed by atoms with Crippen LogP contribution in [0.5, 0.6) is 0 Å². The van der Waals surface area contributed by atoms with Gasteiger partial charge in [0, 0.05) is 32.5 Å². The van der Waals surface area contributed by atoms with Crippen molar-refractivity contribution in [1.29, 1.82) is 0 Å². The molecule has 4 heteroatoms. The van der Waals surface area contributed by atoms with Crippen LogP contribution in [0.15, 0.2) is 130 Å². The van der Waals surface area contributed by atoms with Crippen molar-refractivity contribution in [3.8, 4) is 22.3 Å². The predicted octanol–water partition coefficient (Wildman–Crippen LogP) is 11.7. The fourth-order valence-electron chi connectivity index (χ4n) is 7.15. The highest BCUT2D eigenvalue weighted by Crippen LogP contribution is 2.40. The fraction of sp³-hybridized carbons (Fsp3) is 0.0476. The molecule has 0 amide bonds. The van der Waals surface area contributed by atoms with Gasteiger partial charge in [-0.1, -0.05) is 108 Å². The van der Waals surface area contributed by atoms with E-state index in [1.165, 1.54) is 21.9 Å². The van der Waals surface area contributed by atoms with Crippen LogP contribution in [-0.2, 0) is 0 Å². The van der Waals surface area contributed by atoms with E-state index in [0.29, 0.717) is 5.71 Å². The average Bonchev–Trinajstić information content (AvgIpc) is 3.65. The molecule has 0 atom stereocenters. The van der Waals surface area contributed by atoms with Crippen LogP contribution in [0.4, 0.5) is 0 Å². The van der Waals surface area contributed by atoms with Gasteiger partial charge in [0.05, 0.1) is 5.52 Å². The lowest BCUT2D eigenvalue weighted by Crippen LogP contribution is -1.91. The zero-order valence-corrected chi connectivity index (χ0v) is 25.3. The highest BCUT2D eigenvalue weighted by Gasteiger charge is 2.18. The molecule has 0 saturated carbocycles. The van der Waals surface area contributed by atoms with E-state index in [4.69, 9.17) is 18.8 Å². The summed E-state index contributed by atoms with van der Waals surface area (Å²) >= 11 is 0. The van der Waals surface area contributed by atoms with E-state index >= 15 is 0 Å². The topological polar surface area (TPSA) is 52.1 Å². The number of aromatic nitrogens is 2. The molecular formula is C42H26N2O2. The molecule has 0 N–H and O–H groups in total. The second kappa shape index (κ2) is 9.26. The molecule has 7 aromatic carbocycles. The van der Waals surface area contributed by atoms with Gasteiger partial charge in [0.25, 0.3) is 0 Å². The Bertz CT molecular complexity index is 2890. The Labute approximate surface area is 263 Å². The molecular weight excluding hydrogens is 564 g/mol. The molecule has 46 heavy (non-hydrogen) atoms. The van der Waals surface area contributed by atoms with Crippen molar-refractivity contribution in [2.75, 3.05) is 0 Å². The standard InChI is InChI=1S/C42H26N2O2/c1-23-13-16-30-33(19-23)34-20-24(2)14-17-31(34)39-38(30)43-40-35-22-26(15-18-37(35)46-42(40)44-39)25-7-5-8-27(21-25)28-10-6-11-32-29-9-3-4-12-36(29)45-41(28)32/h3-22H,1-2H3. The van der Waals surface area contributed by atoms with Crippen LogP contribution in [0.1, 0.15) is 11.1 Å². The van der Waals surface area contributed by atoms with E-state index in [9.17, 15) is 0 Å². The third kappa shape index (κ3) is 3.61. The smallest absolute Gasteiger partial charge is 0.246 e. The molecule has 0 saturated heterocycles. The summed E-state index contributed by atoms with van der Waals surface area (Å²) in [5.41, 5.74) is 12.5. The molecule has 10 rings (SSSR count). The van der Waals surface area contributed by atoms with Gasteiger partial charge in [-0.3, -0.25) is 0 Å². The second-order valence-electron chi connectivity index (χ2n) is 12.3. The normalized spacial score (nSPS) is 12.1. The van der Waals surface area contributed by atoms with Gasteiger partial charge in [0.1, 0.15) is 27.8 Å². The Morgan fingerprint density at radius 1 is 0.413 bits per heavy atom. The lowest BCUT2D eigenvalue weighted by molar-refractivity contribution is 0.655. The molecule has 0 unspecified atom stereocenters. The van der Waals surface area contributed by atoms with Crippen LogP contribution in [0.3, 0.4) is 0 Å². The van der Waals surface area contributed by atoms with Crippen molar-refractivity contribution < 1.29 is 8.83 Å². The first-order chi connectivity index (χ1) is 22.6. The van der Waals surface area contributed by atoms with Gasteiger partial charge >= 0.3 is 0 Å². The maximum absolute atomic E-state index is 6.36. The maximum atomic E-state index is 6.36. The molecule has 4 nitrogen and oxygen atoms in total. The van der Waals surface area contributed by atoms with Crippen molar-refractivity contribution >= 4 is 76.7 Å². The molecule has 3 heterocycles. The van der Waals surface area contributed by atoms with Gasteiger partial charge in [-0.15, -0.1) is 0 Å². The number of hydrogen-bond acceptors (Lipinski definition) is 4. The fourth-order valence-corrected chi connectivity index (χ4v) is 7.15. The van der Waals surface area contributed by atoms with E-state index in [1.54, 1.807) is 0 Å². The average molecular weight is 591 g/mol. The summed E-state index contributed by atoms with van der Waals surface area (Å²) in [7, 11) is 0. The van der Waals surface area contributed by atoms with Gasteiger partial charge < -0.3 is 8.83 Å². The number of aryl methyl sites for hydroxylation is 2. The van der Waals surface area contributed by atoms with E-state index in [-0.39, 0.29) is 0 Å². The van der Waals surface area contributed by atoms with Crippen LogP contribution in [-0.4, -0.2) is 9.97 Å². The molecule has 0 spiro atoms. The predicted molar refractivity (Wildman–Crippen MR) is 189 cm³/mol. The van der Waals surface area contributed by atoms with Crippen molar-refractivity contribution in [3.63, 3.8) is 0 Å². The zero-order chi connectivity index (χ0) is 30.5. The molecule has 0 aliphatic heterocycles. The van der Waals surface area contributed by atoms with Gasteiger partial charge in [0.2, 0.25) is 5.71 Å².